The standard InChI is InChI=1S/C23H24ClN5/c1-15-23-18-7-6-17(16-8-11-25-12-9-16)14-19(18)21(10-13-29(23)28-27-15)26-22-5-3-2-4-20(22)24/h2-8,14,21,25-26H,9-13H2,1H3. The van der Waals surface area contributed by atoms with E-state index in [-0.39, 0.29) is 6.04 Å². The molecular weight excluding hydrogens is 382 g/mol. The Morgan fingerprint density at radius 2 is 2.10 bits per heavy atom. The number of aryl methyl sites for hydroxylation is 2. The van der Waals surface area contributed by atoms with Crippen molar-refractivity contribution in [2.75, 3.05) is 18.4 Å². The Kier molecular flexibility index (Phi) is 4.86. The zero-order valence-electron chi connectivity index (χ0n) is 16.5. The van der Waals surface area contributed by atoms with Crippen LogP contribution in [0.2, 0.25) is 5.02 Å². The molecule has 0 bridgehead atoms. The first-order valence-corrected chi connectivity index (χ1v) is 10.5. The number of fused-ring (bicyclic) bond motifs is 3. The van der Waals surface area contributed by atoms with Gasteiger partial charge >= 0.3 is 0 Å². The van der Waals surface area contributed by atoms with Crippen molar-refractivity contribution in [2.24, 2.45) is 0 Å². The van der Waals surface area contributed by atoms with Gasteiger partial charge in [0.25, 0.3) is 0 Å². The highest BCUT2D eigenvalue weighted by molar-refractivity contribution is 6.33. The Morgan fingerprint density at radius 1 is 1.21 bits per heavy atom. The second-order valence-corrected chi connectivity index (χ2v) is 8.10. The molecule has 6 heteroatoms. The third kappa shape index (κ3) is 3.45. The lowest BCUT2D eigenvalue weighted by Crippen LogP contribution is -2.20. The summed E-state index contributed by atoms with van der Waals surface area (Å²) in [5.41, 5.74) is 8.25. The second kappa shape index (κ2) is 7.65. The first-order chi connectivity index (χ1) is 14.2. The number of hydrogen-bond acceptors (Lipinski definition) is 4. The highest BCUT2D eigenvalue weighted by Gasteiger charge is 2.26. The maximum absolute atomic E-state index is 6.45. The molecule has 1 atom stereocenters. The second-order valence-electron chi connectivity index (χ2n) is 7.70. The van der Waals surface area contributed by atoms with Crippen molar-refractivity contribution in [3.63, 3.8) is 0 Å². The van der Waals surface area contributed by atoms with Crippen molar-refractivity contribution < 1.29 is 0 Å². The molecule has 148 valence electrons. The number of para-hydroxylation sites is 1. The number of aromatic nitrogens is 3. The van der Waals surface area contributed by atoms with E-state index in [1.54, 1.807) is 0 Å². The molecule has 5 nitrogen and oxygen atoms in total. The van der Waals surface area contributed by atoms with E-state index in [0.717, 1.165) is 54.6 Å². The molecule has 0 saturated heterocycles. The van der Waals surface area contributed by atoms with Gasteiger partial charge in [0.1, 0.15) is 0 Å². The number of benzene rings is 2. The molecule has 2 aromatic carbocycles. The molecule has 1 unspecified atom stereocenters. The summed E-state index contributed by atoms with van der Waals surface area (Å²) >= 11 is 6.45. The van der Waals surface area contributed by atoms with Gasteiger partial charge in [-0.25, -0.2) is 4.68 Å². The Morgan fingerprint density at radius 3 is 2.93 bits per heavy atom. The van der Waals surface area contributed by atoms with E-state index in [4.69, 9.17) is 11.6 Å². The minimum Gasteiger partial charge on any atom is -0.377 e. The van der Waals surface area contributed by atoms with Gasteiger partial charge < -0.3 is 10.6 Å². The number of nitrogens with zero attached hydrogens (tertiary/aromatic N) is 3. The van der Waals surface area contributed by atoms with Gasteiger partial charge in [-0.2, -0.15) is 0 Å². The minimum absolute atomic E-state index is 0.147. The average molecular weight is 406 g/mol. The van der Waals surface area contributed by atoms with Crippen molar-refractivity contribution >= 4 is 22.9 Å². The molecule has 0 spiro atoms. The predicted molar refractivity (Wildman–Crippen MR) is 118 cm³/mol. The Hall–Kier alpha value is -2.63. The van der Waals surface area contributed by atoms with E-state index in [1.165, 1.54) is 22.3 Å². The summed E-state index contributed by atoms with van der Waals surface area (Å²) in [5.74, 6) is 0. The molecule has 0 aliphatic carbocycles. The van der Waals surface area contributed by atoms with Gasteiger partial charge in [0.15, 0.2) is 0 Å². The molecule has 29 heavy (non-hydrogen) atoms. The Balaban J connectivity index is 1.62. The maximum atomic E-state index is 6.45. The zero-order valence-corrected chi connectivity index (χ0v) is 17.2. The Bertz CT molecular complexity index is 1080. The molecule has 2 N–H and O–H groups in total. The first kappa shape index (κ1) is 18.4. The average Bonchev–Trinajstić information content (AvgIpc) is 3.05. The van der Waals surface area contributed by atoms with Crippen LogP contribution in [0.5, 0.6) is 0 Å². The predicted octanol–water partition coefficient (Wildman–Crippen LogP) is 4.84. The SMILES string of the molecule is Cc1nnn2c1-c1ccc(C3=CCNCC3)cc1C(Nc1ccccc1Cl)CC2. The van der Waals surface area contributed by atoms with Crippen LogP contribution in [0.3, 0.4) is 0 Å². The number of anilines is 1. The van der Waals surface area contributed by atoms with Gasteiger partial charge in [-0.15, -0.1) is 5.10 Å². The van der Waals surface area contributed by atoms with Crippen LogP contribution in [0, 0.1) is 6.92 Å². The lowest BCUT2D eigenvalue weighted by atomic mass is 9.90. The van der Waals surface area contributed by atoms with Crippen molar-refractivity contribution in [3.8, 4) is 11.3 Å². The molecule has 2 aliphatic heterocycles. The summed E-state index contributed by atoms with van der Waals surface area (Å²) in [5, 5.41) is 16.5. The summed E-state index contributed by atoms with van der Waals surface area (Å²) < 4.78 is 2.03. The first-order valence-electron chi connectivity index (χ1n) is 10.2. The van der Waals surface area contributed by atoms with Gasteiger partial charge in [-0.3, -0.25) is 0 Å². The lowest BCUT2D eigenvalue weighted by molar-refractivity contribution is 0.539. The van der Waals surface area contributed by atoms with Gasteiger partial charge in [0.05, 0.1) is 28.1 Å². The van der Waals surface area contributed by atoms with Crippen LogP contribution in [0.4, 0.5) is 5.69 Å². The van der Waals surface area contributed by atoms with Crippen molar-refractivity contribution in [3.05, 3.63) is 70.4 Å². The van der Waals surface area contributed by atoms with E-state index in [9.17, 15) is 0 Å². The lowest BCUT2D eigenvalue weighted by Gasteiger charge is -2.23. The van der Waals surface area contributed by atoms with E-state index < -0.39 is 0 Å². The van der Waals surface area contributed by atoms with Gasteiger partial charge in [-0.05, 0) is 61.2 Å². The summed E-state index contributed by atoms with van der Waals surface area (Å²) in [7, 11) is 0. The highest BCUT2D eigenvalue weighted by Crippen LogP contribution is 2.39. The number of hydrogen-bond donors (Lipinski definition) is 2. The molecule has 0 amide bonds. The molecule has 5 rings (SSSR count). The smallest absolute Gasteiger partial charge is 0.0918 e. The monoisotopic (exact) mass is 405 g/mol. The minimum atomic E-state index is 0.147. The van der Waals surface area contributed by atoms with Crippen LogP contribution in [0.25, 0.3) is 16.8 Å². The third-order valence-corrected chi connectivity index (χ3v) is 6.18. The number of halogens is 1. The van der Waals surface area contributed by atoms with Crippen LogP contribution < -0.4 is 10.6 Å². The molecule has 1 aromatic heterocycles. The molecule has 0 fully saturated rings. The quantitative estimate of drug-likeness (QED) is 0.654. The van der Waals surface area contributed by atoms with E-state index in [0.29, 0.717) is 0 Å². The molecule has 0 radical (unpaired) electrons. The molecular formula is C23H24ClN5. The maximum Gasteiger partial charge on any atom is 0.0918 e. The fourth-order valence-corrected chi connectivity index (χ4v) is 4.55. The summed E-state index contributed by atoms with van der Waals surface area (Å²) in [4.78, 5) is 0. The van der Waals surface area contributed by atoms with Crippen LogP contribution in [-0.4, -0.2) is 28.1 Å². The highest BCUT2D eigenvalue weighted by atomic mass is 35.5. The number of nitrogens with one attached hydrogen (secondary N) is 2. The van der Waals surface area contributed by atoms with E-state index >= 15 is 0 Å². The summed E-state index contributed by atoms with van der Waals surface area (Å²) in [6.45, 7) is 4.81. The molecule has 0 saturated carbocycles. The van der Waals surface area contributed by atoms with Crippen LogP contribution in [0.15, 0.2) is 48.5 Å². The van der Waals surface area contributed by atoms with Gasteiger partial charge in [-0.1, -0.05) is 47.2 Å². The van der Waals surface area contributed by atoms with Crippen LogP contribution >= 0.6 is 11.6 Å². The van der Waals surface area contributed by atoms with E-state index in [2.05, 4.69) is 45.2 Å². The normalized spacial score (nSPS) is 18.4. The van der Waals surface area contributed by atoms with Crippen LogP contribution in [0.1, 0.15) is 35.7 Å². The summed E-state index contributed by atoms with van der Waals surface area (Å²) in [6.07, 6.45) is 4.27. The third-order valence-electron chi connectivity index (χ3n) is 5.85. The fraction of sp³-hybridized carbons (Fsp3) is 0.304. The van der Waals surface area contributed by atoms with Gasteiger partial charge in [0, 0.05) is 18.7 Å². The van der Waals surface area contributed by atoms with Crippen molar-refractivity contribution in [2.45, 2.75) is 32.4 Å². The summed E-state index contributed by atoms with van der Waals surface area (Å²) in [6, 6.07) is 14.9. The van der Waals surface area contributed by atoms with Crippen LogP contribution in [-0.2, 0) is 6.54 Å². The molecule has 3 aromatic rings. The van der Waals surface area contributed by atoms with Crippen molar-refractivity contribution in [1.29, 1.82) is 0 Å². The number of rotatable bonds is 3. The molecule has 3 heterocycles. The Labute approximate surface area is 175 Å². The largest absolute Gasteiger partial charge is 0.377 e. The fourth-order valence-electron chi connectivity index (χ4n) is 4.36. The molecule has 2 aliphatic rings. The van der Waals surface area contributed by atoms with Crippen molar-refractivity contribution in [1.82, 2.24) is 20.3 Å². The van der Waals surface area contributed by atoms with Gasteiger partial charge in [0.2, 0.25) is 0 Å². The van der Waals surface area contributed by atoms with E-state index in [1.807, 2.05) is 35.9 Å². The zero-order chi connectivity index (χ0) is 19.8. The topological polar surface area (TPSA) is 54.8 Å².